The van der Waals surface area contributed by atoms with E-state index in [9.17, 15) is 8.42 Å². The van der Waals surface area contributed by atoms with E-state index >= 15 is 0 Å². The summed E-state index contributed by atoms with van der Waals surface area (Å²) in [5.41, 5.74) is 0. The van der Waals surface area contributed by atoms with Crippen molar-refractivity contribution in [1.29, 1.82) is 0 Å². The molecule has 0 aliphatic carbocycles. The van der Waals surface area contributed by atoms with Crippen LogP contribution in [-0.4, -0.2) is 27.5 Å². The Balaban J connectivity index is 2.92. The van der Waals surface area contributed by atoms with Gasteiger partial charge in [-0.25, -0.2) is 13.1 Å². The van der Waals surface area contributed by atoms with Crippen LogP contribution in [-0.2, 0) is 10.0 Å². The third kappa shape index (κ3) is 4.58. The maximum absolute atomic E-state index is 12.1. The zero-order valence-corrected chi connectivity index (χ0v) is 14.4. The smallest absolute Gasteiger partial charge is 0.242 e. The van der Waals surface area contributed by atoms with Crippen LogP contribution >= 0.6 is 39.1 Å². The van der Waals surface area contributed by atoms with Crippen molar-refractivity contribution in [3.63, 3.8) is 0 Å². The van der Waals surface area contributed by atoms with Crippen LogP contribution in [0, 0.1) is 0 Å². The third-order valence-corrected chi connectivity index (χ3v) is 5.77. The van der Waals surface area contributed by atoms with Gasteiger partial charge in [0.15, 0.2) is 0 Å². The summed E-state index contributed by atoms with van der Waals surface area (Å²) in [4.78, 5) is -0.0222. The summed E-state index contributed by atoms with van der Waals surface area (Å²) in [7, 11) is -3.67. The Morgan fingerprint density at radius 2 is 1.95 bits per heavy atom. The van der Waals surface area contributed by atoms with Gasteiger partial charge in [-0.2, -0.15) is 0 Å². The van der Waals surface area contributed by atoms with E-state index in [4.69, 9.17) is 23.2 Å². The van der Waals surface area contributed by atoms with Crippen LogP contribution in [0.2, 0.25) is 10.0 Å². The van der Waals surface area contributed by atoms with Crippen molar-refractivity contribution in [3.05, 3.63) is 26.7 Å². The van der Waals surface area contributed by atoms with Crippen molar-refractivity contribution in [1.82, 2.24) is 10.0 Å². The Bertz CT molecular complexity index is 552. The molecule has 0 bridgehead atoms. The predicted molar refractivity (Wildman–Crippen MR) is 82.5 cm³/mol. The summed E-state index contributed by atoms with van der Waals surface area (Å²) in [5, 5.41) is 3.31. The fourth-order valence-corrected chi connectivity index (χ4v) is 3.79. The van der Waals surface area contributed by atoms with Gasteiger partial charge in [0.25, 0.3) is 0 Å². The van der Waals surface area contributed by atoms with Crippen molar-refractivity contribution in [3.8, 4) is 0 Å². The van der Waals surface area contributed by atoms with Crippen molar-refractivity contribution in [2.45, 2.75) is 24.8 Å². The minimum Gasteiger partial charge on any atom is -0.313 e. The largest absolute Gasteiger partial charge is 0.313 e. The van der Waals surface area contributed by atoms with Crippen molar-refractivity contribution < 1.29 is 8.42 Å². The molecule has 0 spiro atoms. The molecule has 0 aromatic heterocycles. The molecule has 1 aromatic rings. The van der Waals surface area contributed by atoms with Crippen LogP contribution in [0.25, 0.3) is 0 Å². The molecule has 4 nitrogen and oxygen atoms in total. The van der Waals surface area contributed by atoms with E-state index in [1.165, 1.54) is 6.07 Å². The molecule has 1 atom stereocenters. The van der Waals surface area contributed by atoms with Gasteiger partial charge in [0, 0.05) is 17.1 Å². The number of nitrogens with one attached hydrogen (secondary N) is 2. The van der Waals surface area contributed by atoms with E-state index in [2.05, 4.69) is 26.0 Å². The van der Waals surface area contributed by atoms with E-state index in [1.54, 1.807) is 6.07 Å². The van der Waals surface area contributed by atoms with Gasteiger partial charge in [0.1, 0.15) is 4.90 Å². The Labute approximate surface area is 132 Å². The van der Waals surface area contributed by atoms with Gasteiger partial charge >= 0.3 is 0 Å². The average molecular weight is 390 g/mol. The van der Waals surface area contributed by atoms with Gasteiger partial charge in [-0.05, 0) is 41.5 Å². The lowest BCUT2D eigenvalue weighted by Gasteiger charge is -2.14. The number of sulfonamides is 1. The van der Waals surface area contributed by atoms with Gasteiger partial charge in [-0.1, -0.05) is 30.1 Å². The maximum atomic E-state index is 12.1. The topological polar surface area (TPSA) is 58.2 Å². The molecule has 19 heavy (non-hydrogen) atoms. The Kier molecular flexibility index (Phi) is 6.56. The van der Waals surface area contributed by atoms with Crippen LogP contribution < -0.4 is 10.0 Å². The highest BCUT2D eigenvalue weighted by Gasteiger charge is 2.21. The lowest BCUT2D eigenvalue weighted by Crippen LogP contribution is -2.38. The quantitative estimate of drug-likeness (QED) is 0.735. The van der Waals surface area contributed by atoms with Gasteiger partial charge in [-0.3, -0.25) is 0 Å². The highest BCUT2D eigenvalue weighted by atomic mass is 79.9. The van der Waals surface area contributed by atoms with Crippen LogP contribution in [0.3, 0.4) is 0 Å². The SMILES string of the molecule is CCN[C@H](C)CNS(=O)(=O)c1ccc(Br)c(Cl)c1Cl. The zero-order valence-electron chi connectivity index (χ0n) is 10.5. The fraction of sp³-hybridized carbons (Fsp3) is 0.455. The molecule has 108 valence electrons. The van der Waals surface area contributed by atoms with Gasteiger partial charge in [-0.15, -0.1) is 0 Å². The summed E-state index contributed by atoms with van der Waals surface area (Å²) >= 11 is 15.1. The second kappa shape index (κ2) is 7.24. The minimum absolute atomic E-state index is 0.0136. The molecule has 1 aromatic carbocycles. The zero-order chi connectivity index (χ0) is 14.6. The molecular formula is C11H15BrCl2N2O2S. The Morgan fingerprint density at radius 3 is 2.53 bits per heavy atom. The maximum Gasteiger partial charge on any atom is 0.242 e. The van der Waals surface area contributed by atoms with E-state index in [0.29, 0.717) is 4.47 Å². The number of rotatable bonds is 6. The summed E-state index contributed by atoms with van der Waals surface area (Å²) < 4.78 is 27.3. The van der Waals surface area contributed by atoms with Crippen molar-refractivity contribution >= 4 is 49.2 Å². The van der Waals surface area contributed by atoms with Crippen LogP contribution in [0.1, 0.15) is 13.8 Å². The Morgan fingerprint density at radius 1 is 1.32 bits per heavy atom. The number of halogens is 3. The van der Waals surface area contributed by atoms with Crippen molar-refractivity contribution in [2.75, 3.05) is 13.1 Å². The molecule has 0 heterocycles. The molecule has 0 saturated heterocycles. The second-order valence-corrected chi connectivity index (χ2v) is 7.33. The minimum atomic E-state index is -3.67. The average Bonchev–Trinajstić information content (AvgIpc) is 2.34. The lowest BCUT2D eigenvalue weighted by molar-refractivity contribution is 0.536. The molecule has 0 aliphatic rings. The summed E-state index contributed by atoms with van der Waals surface area (Å²) in [6.45, 7) is 4.90. The molecular weight excluding hydrogens is 375 g/mol. The molecule has 0 saturated carbocycles. The van der Waals surface area contributed by atoms with E-state index < -0.39 is 10.0 Å². The first kappa shape index (κ1) is 17.2. The number of hydrogen-bond acceptors (Lipinski definition) is 3. The summed E-state index contributed by atoms with van der Waals surface area (Å²) in [6.07, 6.45) is 0. The highest BCUT2D eigenvalue weighted by Crippen LogP contribution is 2.34. The highest BCUT2D eigenvalue weighted by molar-refractivity contribution is 9.10. The predicted octanol–water partition coefficient (Wildman–Crippen LogP) is 3.03. The monoisotopic (exact) mass is 388 g/mol. The summed E-state index contributed by atoms with van der Waals surface area (Å²) in [5.74, 6) is 0. The number of hydrogen-bond donors (Lipinski definition) is 2. The summed E-state index contributed by atoms with van der Waals surface area (Å²) in [6, 6.07) is 3.00. The lowest BCUT2D eigenvalue weighted by atomic mass is 10.3. The van der Waals surface area contributed by atoms with E-state index in [0.717, 1.165) is 6.54 Å². The molecule has 0 aliphatic heterocycles. The molecule has 8 heteroatoms. The Hall–Kier alpha value is 0.150. The van der Waals surface area contributed by atoms with E-state index in [-0.39, 0.29) is 27.5 Å². The van der Waals surface area contributed by atoms with Crippen LogP contribution in [0.15, 0.2) is 21.5 Å². The molecule has 1 rings (SSSR count). The van der Waals surface area contributed by atoms with Crippen molar-refractivity contribution in [2.24, 2.45) is 0 Å². The van der Waals surface area contributed by atoms with Crippen LogP contribution in [0.5, 0.6) is 0 Å². The molecule has 2 N–H and O–H groups in total. The standard InChI is InChI=1S/C11H15BrCl2N2O2S/c1-3-15-7(2)6-16-19(17,18)9-5-4-8(12)10(13)11(9)14/h4-5,7,15-16H,3,6H2,1-2H3/t7-/m1/s1. The molecule has 0 unspecified atom stereocenters. The molecule has 0 amide bonds. The third-order valence-electron chi connectivity index (χ3n) is 2.42. The second-order valence-electron chi connectivity index (χ2n) is 3.98. The van der Waals surface area contributed by atoms with Gasteiger partial charge in [0.05, 0.1) is 10.0 Å². The first-order valence-corrected chi connectivity index (χ1v) is 8.69. The number of likely N-dealkylation sites (N-methyl/N-ethyl adjacent to an activating group) is 1. The molecule has 0 radical (unpaired) electrons. The number of benzene rings is 1. The van der Waals surface area contributed by atoms with Gasteiger partial charge < -0.3 is 5.32 Å². The van der Waals surface area contributed by atoms with E-state index in [1.807, 2.05) is 13.8 Å². The first-order chi connectivity index (χ1) is 8.79. The molecule has 0 fully saturated rings. The van der Waals surface area contributed by atoms with Gasteiger partial charge in [0.2, 0.25) is 10.0 Å². The van der Waals surface area contributed by atoms with Crippen LogP contribution in [0.4, 0.5) is 0 Å². The normalized spacial score (nSPS) is 13.5. The fourth-order valence-electron chi connectivity index (χ4n) is 1.45. The first-order valence-electron chi connectivity index (χ1n) is 5.66.